The van der Waals surface area contributed by atoms with Gasteiger partial charge in [0.05, 0.1) is 23.2 Å². The summed E-state index contributed by atoms with van der Waals surface area (Å²) in [7, 11) is 0. The predicted octanol–water partition coefficient (Wildman–Crippen LogP) is 4.94. The molecule has 25 heavy (non-hydrogen) atoms. The highest BCUT2D eigenvalue weighted by molar-refractivity contribution is 5.77. The Balaban J connectivity index is 0.000000157. The van der Waals surface area contributed by atoms with E-state index in [1.165, 1.54) is 5.39 Å². The maximum Gasteiger partial charge on any atom is 0.137 e. The van der Waals surface area contributed by atoms with Crippen LogP contribution in [0.25, 0.3) is 22.3 Å². The van der Waals surface area contributed by atoms with E-state index in [4.69, 9.17) is 5.26 Å². The zero-order valence-corrected chi connectivity index (χ0v) is 13.9. The molecule has 0 saturated carbocycles. The van der Waals surface area contributed by atoms with Crippen LogP contribution in [0.15, 0.2) is 79.1 Å². The molecular formula is C21H18N4. The van der Waals surface area contributed by atoms with Crippen LogP contribution in [0.4, 0.5) is 0 Å². The number of aromatic nitrogens is 3. The summed E-state index contributed by atoms with van der Waals surface area (Å²) >= 11 is 0. The molecule has 4 nitrogen and oxygen atoms in total. The summed E-state index contributed by atoms with van der Waals surface area (Å²) in [6.07, 6.45) is 3.60. The van der Waals surface area contributed by atoms with E-state index in [0.717, 1.165) is 22.6 Å². The molecule has 0 saturated heterocycles. The molecule has 4 rings (SSSR count). The average molecular weight is 326 g/mol. The first-order chi connectivity index (χ1) is 12.3. The van der Waals surface area contributed by atoms with Gasteiger partial charge in [-0.2, -0.15) is 5.26 Å². The van der Waals surface area contributed by atoms with Crippen molar-refractivity contribution >= 4 is 10.9 Å². The Morgan fingerprint density at radius 3 is 2.44 bits per heavy atom. The molecule has 0 spiro atoms. The Labute approximate surface area is 146 Å². The Bertz CT molecular complexity index is 918. The van der Waals surface area contributed by atoms with Crippen LogP contribution >= 0.6 is 0 Å². The molecule has 0 aliphatic carbocycles. The normalized spacial score (nSPS) is 11.2. The standard InChI is InChI=1S/C12H11N3.C9H7N/c1-9(7-13)11-8-14-12(15-11)10-5-3-2-4-6-10;1-2-6-9-8(4-1)5-3-7-10-9/h2-6,8-9H,1H3,(H,14,15);1-7H. The number of para-hydroxylation sites is 1. The van der Waals surface area contributed by atoms with E-state index in [9.17, 15) is 0 Å². The maximum atomic E-state index is 8.76. The molecule has 4 heteroatoms. The van der Waals surface area contributed by atoms with Crippen molar-refractivity contribution in [3.63, 3.8) is 0 Å². The van der Waals surface area contributed by atoms with Gasteiger partial charge in [-0.05, 0) is 19.1 Å². The fourth-order valence-corrected chi connectivity index (χ4v) is 2.38. The summed E-state index contributed by atoms with van der Waals surface area (Å²) < 4.78 is 0. The summed E-state index contributed by atoms with van der Waals surface area (Å²) in [5.74, 6) is 0.645. The highest BCUT2D eigenvalue weighted by Crippen LogP contribution is 2.18. The minimum atomic E-state index is -0.168. The van der Waals surface area contributed by atoms with E-state index >= 15 is 0 Å². The lowest BCUT2D eigenvalue weighted by molar-refractivity contribution is 0.936. The van der Waals surface area contributed by atoms with Gasteiger partial charge in [-0.15, -0.1) is 0 Å². The van der Waals surface area contributed by atoms with Crippen LogP contribution in [0.3, 0.4) is 0 Å². The van der Waals surface area contributed by atoms with Crippen LogP contribution in [0.1, 0.15) is 18.5 Å². The van der Waals surface area contributed by atoms with E-state index < -0.39 is 0 Å². The lowest BCUT2D eigenvalue weighted by Crippen LogP contribution is -1.88. The fraction of sp³-hybridized carbons (Fsp3) is 0.0952. The minimum Gasteiger partial charge on any atom is -0.344 e. The van der Waals surface area contributed by atoms with Crippen LogP contribution in [0, 0.1) is 11.3 Å². The molecule has 0 radical (unpaired) electrons. The van der Waals surface area contributed by atoms with Crippen molar-refractivity contribution in [3.05, 3.63) is 84.8 Å². The Kier molecular flexibility index (Phi) is 5.18. The number of hydrogen-bond donors (Lipinski definition) is 1. The number of nitriles is 1. The summed E-state index contributed by atoms with van der Waals surface area (Å²) in [4.78, 5) is 11.6. The molecular weight excluding hydrogens is 308 g/mol. The zero-order chi connectivity index (χ0) is 17.5. The summed E-state index contributed by atoms with van der Waals surface area (Å²) in [5.41, 5.74) is 2.88. The van der Waals surface area contributed by atoms with Gasteiger partial charge in [-0.3, -0.25) is 4.98 Å². The Hall–Kier alpha value is -3.45. The van der Waals surface area contributed by atoms with Crippen molar-refractivity contribution in [2.24, 2.45) is 0 Å². The van der Waals surface area contributed by atoms with Crippen LogP contribution in [-0.4, -0.2) is 15.0 Å². The smallest absolute Gasteiger partial charge is 0.137 e. The van der Waals surface area contributed by atoms with Crippen molar-refractivity contribution in [3.8, 4) is 17.5 Å². The van der Waals surface area contributed by atoms with Crippen molar-refractivity contribution < 1.29 is 0 Å². The van der Waals surface area contributed by atoms with E-state index in [-0.39, 0.29) is 5.92 Å². The quantitative estimate of drug-likeness (QED) is 0.567. The number of hydrogen-bond acceptors (Lipinski definition) is 3. The first-order valence-electron chi connectivity index (χ1n) is 8.08. The van der Waals surface area contributed by atoms with Gasteiger partial charge in [0.15, 0.2) is 0 Å². The van der Waals surface area contributed by atoms with E-state index in [0.29, 0.717) is 0 Å². The molecule has 1 atom stereocenters. The molecule has 0 bridgehead atoms. The van der Waals surface area contributed by atoms with Crippen LogP contribution in [-0.2, 0) is 0 Å². The lowest BCUT2D eigenvalue weighted by atomic mass is 10.1. The second-order valence-corrected chi connectivity index (χ2v) is 5.59. The van der Waals surface area contributed by atoms with E-state index in [1.54, 1.807) is 6.20 Å². The van der Waals surface area contributed by atoms with Crippen molar-refractivity contribution in [2.45, 2.75) is 12.8 Å². The summed E-state index contributed by atoms with van der Waals surface area (Å²) in [6.45, 7) is 1.84. The predicted molar refractivity (Wildman–Crippen MR) is 99.8 cm³/mol. The monoisotopic (exact) mass is 326 g/mol. The SMILES string of the molecule is CC(C#N)c1c[nH]c(-c2ccccc2)n1.c1ccc2ncccc2c1. The molecule has 122 valence electrons. The van der Waals surface area contributed by atoms with E-state index in [1.807, 2.05) is 67.7 Å². The Morgan fingerprint density at radius 1 is 0.960 bits per heavy atom. The van der Waals surface area contributed by atoms with Gasteiger partial charge in [0.1, 0.15) is 5.82 Å². The number of rotatable bonds is 2. The van der Waals surface area contributed by atoms with Gasteiger partial charge in [-0.25, -0.2) is 4.98 Å². The third-order valence-electron chi connectivity index (χ3n) is 3.79. The van der Waals surface area contributed by atoms with Gasteiger partial charge < -0.3 is 4.98 Å². The minimum absolute atomic E-state index is 0.168. The molecule has 2 aromatic heterocycles. The number of aromatic amines is 1. The Morgan fingerprint density at radius 2 is 1.68 bits per heavy atom. The van der Waals surface area contributed by atoms with Crippen LogP contribution < -0.4 is 0 Å². The zero-order valence-electron chi connectivity index (χ0n) is 13.9. The number of nitrogens with zero attached hydrogens (tertiary/aromatic N) is 3. The summed E-state index contributed by atoms with van der Waals surface area (Å²) in [6, 6.07) is 24.1. The average Bonchev–Trinajstić information content (AvgIpc) is 3.19. The second-order valence-electron chi connectivity index (χ2n) is 5.59. The number of benzene rings is 2. The number of imidazole rings is 1. The topological polar surface area (TPSA) is 65.4 Å². The number of fused-ring (bicyclic) bond motifs is 1. The largest absolute Gasteiger partial charge is 0.344 e. The molecule has 0 aliphatic rings. The van der Waals surface area contributed by atoms with Crippen molar-refractivity contribution in [2.75, 3.05) is 0 Å². The number of pyridine rings is 1. The van der Waals surface area contributed by atoms with Gasteiger partial charge in [0, 0.05) is 23.3 Å². The van der Waals surface area contributed by atoms with Crippen LogP contribution in [0.2, 0.25) is 0 Å². The molecule has 0 fully saturated rings. The lowest BCUT2D eigenvalue weighted by Gasteiger charge is -1.95. The van der Waals surface area contributed by atoms with Crippen molar-refractivity contribution in [1.82, 2.24) is 15.0 Å². The maximum absolute atomic E-state index is 8.76. The first-order valence-corrected chi connectivity index (χ1v) is 8.08. The molecule has 4 aromatic rings. The third kappa shape index (κ3) is 4.10. The molecule has 1 N–H and O–H groups in total. The first kappa shape index (κ1) is 16.4. The van der Waals surface area contributed by atoms with Gasteiger partial charge in [0.2, 0.25) is 0 Å². The van der Waals surface area contributed by atoms with Crippen LogP contribution in [0.5, 0.6) is 0 Å². The second kappa shape index (κ2) is 7.89. The molecule has 1 unspecified atom stereocenters. The van der Waals surface area contributed by atoms with Crippen molar-refractivity contribution in [1.29, 1.82) is 5.26 Å². The molecule has 0 amide bonds. The van der Waals surface area contributed by atoms with Gasteiger partial charge >= 0.3 is 0 Å². The number of H-pyrrole nitrogens is 1. The van der Waals surface area contributed by atoms with Gasteiger partial charge in [-0.1, -0.05) is 54.6 Å². The third-order valence-corrected chi connectivity index (χ3v) is 3.79. The molecule has 0 aliphatic heterocycles. The summed E-state index contributed by atoms with van der Waals surface area (Å²) in [5, 5.41) is 9.96. The number of nitrogens with one attached hydrogen (secondary N) is 1. The van der Waals surface area contributed by atoms with E-state index in [2.05, 4.69) is 33.2 Å². The fourth-order valence-electron chi connectivity index (χ4n) is 2.38. The highest BCUT2D eigenvalue weighted by Gasteiger charge is 2.09. The molecule has 2 heterocycles. The van der Waals surface area contributed by atoms with Gasteiger partial charge in [0.25, 0.3) is 0 Å². The molecule has 2 aromatic carbocycles. The highest BCUT2D eigenvalue weighted by atomic mass is 14.9.